The van der Waals surface area contributed by atoms with Crippen molar-refractivity contribution in [3.05, 3.63) is 40.8 Å². The standard InChI is InChI=1S/C15H20ClN3/c1-11(10-17-15(2,3)4)9-12-14(16)18-13-7-5-6-8-19(12)13/h5-9,17H,10H2,1-4H3. The van der Waals surface area contributed by atoms with Crippen molar-refractivity contribution in [1.29, 1.82) is 0 Å². The molecule has 0 fully saturated rings. The summed E-state index contributed by atoms with van der Waals surface area (Å²) in [6.07, 6.45) is 4.06. The van der Waals surface area contributed by atoms with E-state index in [1.807, 2.05) is 28.8 Å². The van der Waals surface area contributed by atoms with Crippen molar-refractivity contribution in [3.63, 3.8) is 0 Å². The number of aromatic nitrogens is 2. The topological polar surface area (TPSA) is 29.3 Å². The largest absolute Gasteiger partial charge is 0.308 e. The SMILES string of the molecule is CC(=Cc1c(Cl)nc2ccccn12)CNC(C)(C)C. The van der Waals surface area contributed by atoms with Crippen LogP contribution in [-0.2, 0) is 0 Å². The second-order valence-electron chi connectivity index (χ2n) is 5.81. The zero-order valence-corrected chi connectivity index (χ0v) is 12.6. The van der Waals surface area contributed by atoms with Gasteiger partial charge in [-0.15, -0.1) is 0 Å². The number of hydrogen-bond acceptors (Lipinski definition) is 2. The Morgan fingerprint density at radius 3 is 2.84 bits per heavy atom. The third-order valence-electron chi connectivity index (χ3n) is 2.80. The molecule has 0 amide bonds. The second kappa shape index (κ2) is 5.35. The van der Waals surface area contributed by atoms with Crippen LogP contribution in [0.3, 0.4) is 0 Å². The summed E-state index contributed by atoms with van der Waals surface area (Å²) in [5.74, 6) is 0. The molecule has 19 heavy (non-hydrogen) atoms. The highest BCUT2D eigenvalue weighted by Crippen LogP contribution is 2.20. The molecule has 2 aromatic rings. The van der Waals surface area contributed by atoms with Crippen LogP contribution < -0.4 is 5.32 Å². The summed E-state index contributed by atoms with van der Waals surface area (Å²) in [4.78, 5) is 4.34. The maximum absolute atomic E-state index is 6.20. The van der Waals surface area contributed by atoms with Gasteiger partial charge in [0.2, 0.25) is 0 Å². The van der Waals surface area contributed by atoms with Crippen molar-refractivity contribution >= 4 is 23.3 Å². The minimum atomic E-state index is 0.110. The minimum absolute atomic E-state index is 0.110. The van der Waals surface area contributed by atoms with Crippen LogP contribution in [0, 0.1) is 0 Å². The number of pyridine rings is 1. The van der Waals surface area contributed by atoms with Gasteiger partial charge in [-0.05, 0) is 45.9 Å². The molecule has 0 saturated carbocycles. The van der Waals surface area contributed by atoms with Crippen LogP contribution in [0.2, 0.25) is 5.15 Å². The monoisotopic (exact) mass is 277 g/mol. The summed E-state index contributed by atoms with van der Waals surface area (Å²) in [6.45, 7) is 9.39. The number of fused-ring (bicyclic) bond motifs is 1. The van der Waals surface area contributed by atoms with Gasteiger partial charge in [0.25, 0.3) is 0 Å². The van der Waals surface area contributed by atoms with E-state index in [0.29, 0.717) is 5.15 Å². The summed E-state index contributed by atoms with van der Waals surface area (Å²) in [7, 11) is 0. The first kappa shape index (κ1) is 14.1. The molecule has 4 heteroatoms. The van der Waals surface area contributed by atoms with Crippen LogP contribution in [-0.4, -0.2) is 21.5 Å². The van der Waals surface area contributed by atoms with E-state index in [-0.39, 0.29) is 5.54 Å². The zero-order valence-electron chi connectivity index (χ0n) is 11.9. The highest BCUT2D eigenvalue weighted by Gasteiger charge is 2.10. The van der Waals surface area contributed by atoms with Crippen LogP contribution in [0.15, 0.2) is 30.0 Å². The van der Waals surface area contributed by atoms with Crippen molar-refractivity contribution < 1.29 is 0 Å². The van der Waals surface area contributed by atoms with Crippen molar-refractivity contribution in [2.24, 2.45) is 0 Å². The molecule has 1 N–H and O–H groups in total. The number of nitrogens with zero attached hydrogens (tertiary/aromatic N) is 2. The van der Waals surface area contributed by atoms with E-state index in [1.165, 1.54) is 5.57 Å². The first-order valence-corrected chi connectivity index (χ1v) is 6.79. The van der Waals surface area contributed by atoms with E-state index >= 15 is 0 Å². The van der Waals surface area contributed by atoms with E-state index in [1.54, 1.807) is 0 Å². The molecule has 0 aliphatic carbocycles. The quantitative estimate of drug-likeness (QED) is 0.925. The molecule has 2 aromatic heterocycles. The molecule has 3 nitrogen and oxygen atoms in total. The molecule has 0 atom stereocenters. The number of halogens is 1. The molecule has 0 saturated heterocycles. The summed E-state index contributed by atoms with van der Waals surface area (Å²) in [6, 6.07) is 5.89. The molecule has 0 aromatic carbocycles. The summed E-state index contributed by atoms with van der Waals surface area (Å²) >= 11 is 6.20. The first-order chi connectivity index (χ1) is 8.87. The minimum Gasteiger partial charge on any atom is -0.308 e. The Morgan fingerprint density at radius 1 is 1.42 bits per heavy atom. The van der Waals surface area contributed by atoms with Crippen molar-refractivity contribution in [2.75, 3.05) is 6.54 Å². The highest BCUT2D eigenvalue weighted by molar-refractivity contribution is 6.31. The number of nitrogens with one attached hydrogen (secondary N) is 1. The highest BCUT2D eigenvalue weighted by atomic mass is 35.5. The van der Waals surface area contributed by atoms with E-state index in [0.717, 1.165) is 17.9 Å². The Morgan fingerprint density at radius 2 is 2.16 bits per heavy atom. The fourth-order valence-corrected chi connectivity index (χ4v) is 2.04. The lowest BCUT2D eigenvalue weighted by molar-refractivity contribution is 0.445. The smallest absolute Gasteiger partial charge is 0.155 e. The molecule has 2 heterocycles. The average molecular weight is 278 g/mol. The Kier molecular flexibility index (Phi) is 3.97. The average Bonchev–Trinajstić information content (AvgIpc) is 2.63. The van der Waals surface area contributed by atoms with Crippen LogP contribution in [0.5, 0.6) is 0 Å². The number of rotatable bonds is 3. The van der Waals surface area contributed by atoms with Crippen LogP contribution in [0.1, 0.15) is 33.4 Å². The molecule has 0 radical (unpaired) electrons. The third-order valence-corrected chi connectivity index (χ3v) is 3.08. The lowest BCUT2D eigenvalue weighted by Crippen LogP contribution is -2.36. The molecule has 0 spiro atoms. The number of imidazole rings is 1. The van der Waals surface area contributed by atoms with E-state index < -0.39 is 0 Å². The van der Waals surface area contributed by atoms with Gasteiger partial charge in [0, 0.05) is 18.3 Å². The lowest BCUT2D eigenvalue weighted by Gasteiger charge is -2.20. The summed E-state index contributed by atoms with van der Waals surface area (Å²) in [5.41, 5.74) is 3.14. The summed E-state index contributed by atoms with van der Waals surface area (Å²) in [5, 5.41) is 4.00. The molecule has 0 aliphatic heterocycles. The third kappa shape index (κ3) is 3.58. The van der Waals surface area contributed by atoms with Gasteiger partial charge in [0.15, 0.2) is 5.15 Å². The van der Waals surface area contributed by atoms with Gasteiger partial charge in [0.05, 0.1) is 5.69 Å². The van der Waals surface area contributed by atoms with Gasteiger partial charge in [-0.3, -0.25) is 4.40 Å². The van der Waals surface area contributed by atoms with Gasteiger partial charge in [-0.1, -0.05) is 23.2 Å². The fraction of sp³-hybridized carbons (Fsp3) is 0.400. The van der Waals surface area contributed by atoms with Crippen molar-refractivity contribution in [3.8, 4) is 0 Å². The molecule has 0 unspecified atom stereocenters. The molecular formula is C15H20ClN3. The summed E-state index contributed by atoms with van der Waals surface area (Å²) < 4.78 is 2.00. The van der Waals surface area contributed by atoms with Gasteiger partial charge in [0.1, 0.15) is 5.65 Å². The predicted octanol–water partition coefficient (Wildman–Crippen LogP) is 3.78. The van der Waals surface area contributed by atoms with E-state index in [2.05, 4.69) is 44.1 Å². The molecule has 2 rings (SSSR count). The van der Waals surface area contributed by atoms with Crippen LogP contribution >= 0.6 is 11.6 Å². The normalized spacial score (nSPS) is 13.2. The van der Waals surface area contributed by atoms with Crippen LogP contribution in [0.25, 0.3) is 11.7 Å². The van der Waals surface area contributed by atoms with E-state index in [4.69, 9.17) is 11.6 Å². The zero-order chi connectivity index (χ0) is 14.0. The Labute approximate surface area is 119 Å². The molecule has 0 aliphatic rings. The van der Waals surface area contributed by atoms with Gasteiger partial charge < -0.3 is 5.32 Å². The molecule has 102 valence electrons. The first-order valence-electron chi connectivity index (χ1n) is 6.41. The Bertz CT molecular complexity index is 605. The maximum Gasteiger partial charge on any atom is 0.155 e. The number of hydrogen-bond donors (Lipinski definition) is 1. The van der Waals surface area contributed by atoms with Gasteiger partial charge in [-0.2, -0.15) is 0 Å². The fourth-order valence-electron chi connectivity index (χ4n) is 1.80. The van der Waals surface area contributed by atoms with Gasteiger partial charge in [-0.25, -0.2) is 4.98 Å². The van der Waals surface area contributed by atoms with Crippen LogP contribution in [0.4, 0.5) is 0 Å². The lowest BCUT2D eigenvalue weighted by atomic mass is 10.1. The van der Waals surface area contributed by atoms with Gasteiger partial charge >= 0.3 is 0 Å². The second-order valence-corrected chi connectivity index (χ2v) is 6.17. The van der Waals surface area contributed by atoms with Crippen molar-refractivity contribution in [1.82, 2.24) is 14.7 Å². The molecule has 0 bridgehead atoms. The Hall–Kier alpha value is -1.32. The molecular weight excluding hydrogens is 258 g/mol. The Balaban J connectivity index is 2.27. The predicted molar refractivity (Wildman–Crippen MR) is 81.6 cm³/mol. The van der Waals surface area contributed by atoms with Crippen molar-refractivity contribution in [2.45, 2.75) is 33.2 Å². The maximum atomic E-state index is 6.20. The van der Waals surface area contributed by atoms with E-state index in [9.17, 15) is 0 Å².